The Morgan fingerprint density at radius 2 is 2.00 bits per heavy atom. The molecular weight excluding hydrogens is 364 g/mol. The van der Waals surface area contributed by atoms with Crippen molar-refractivity contribution < 1.29 is 14.4 Å². The monoisotopic (exact) mass is 378 g/mol. The minimum atomic E-state index is -0.258. The first-order valence-corrected chi connectivity index (χ1v) is 8.41. The molecule has 11 heteroatoms. The number of fused-ring (bicyclic) bond motifs is 3. The van der Waals surface area contributed by atoms with Crippen LogP contribution >= 0.6 is 0 Å². The number of nitrogens with zero attached hydrogens (tertiary/aromatic N) is 8. The van der Waals surface area contributed by atoms with Crippen molar-refractivity contribution in [2.45, 2.75) is 13.2 Å². The van der Waals surface area contributed by atoms with Gasteiger partial charge in [-0.25, -0.2) is 4.98 Å². The Kier molecular flexibility index (Phi) is 3.72. The maximum Gasteiger partial charge on any atom is 0.240 e. The highest BCUT2D eigenvalue weighted by Gasteiger charge is 2.19. The molecule has 0 spiro atoms. The lowest BCUT2D eigenvalue weighted by Crippen LogP contribution is -2.04. The molecule has 0 amide bonds. The molecule has 4 heterocycles. The minimum Gasteiger partial charge on any atom is -0.468 e. The number of rotatable bonds is 5. The van der Waals surface area contributed by atoms with E-state index in [2.05, 4.69) is 30.5 Å². The number of hydrogen-bond acceptors (Lipinski definition) is 9. The van der Waals surface area contributed by atoms with Crippen LogP contribution in [0.4, 0.5) is 0 Å². The molecule has 0 unspecified atom stereocenters. The van der Waals surface area contributed by atoms with E-state index < -0.39 is 0 Å². The summed E-state index contributed by atoms with van der Waals surface area (Å²) in [4.78, 5) is 4.16. The highest BCUT2D eigenvalue weighted by Crippen LogP contribution is 2.29. The Bertz CT molecular complexity index is 1290. The fourth-order valence-electron chi connectivity index (χ4n) is 2.89. The molecule has 0 aliphatic rings. The number of hydrogen-bond donors (Lipinski definition) is 1. The van der Waals surface area contributed by atoms with E-state index in [1.54, 1.807) is 28.6 Å². The Balaban J connectivity index is 1.64. The van der Waals surface area contributed by atoms with Crippen LogP contribution in [0.25, 0.3) is 27.9 Å². The summed E-state index contributed by atoms with van der Waals surface area (Å²) in [6.45, 7) is -0.0923. The van der Waals surface area contributed by atoms with E-state index in [0.29, 0.717) is 34.6 Å². The quantitative estimate of drug-likeness (QED) is 0.478. The van der Waals surface area contributed by atoms with Crippen molar-refractivity contribution in [2.24, 2.45) is 7.05 Å². The van der Waals surface area contributed by atoms with Crippen molar-refractivity contribution in [3.63, 3.8) is 0 Å². The summed E-state index contributed by atoms with van der Waals surface area (Å²) in [6, 6.07) is 9.21. The zero-order valence-electron chi connectivity index (χ0n) is 14.7. The summed E-state index contributed by atoms with van der Waals surface area (Å²) in [5, 5.41) is 31.9. The van der Waals surface area contributed by atoms with Crippen LogP contribution in [0.1, 0.15) is 11.6 Å². The summed E-state index contributed by atoms with van der Waals surface area (Å²) in [5.41, 5.74) is 0.971. The Morgan fingerprint density at radius 3 is 2.75 bits per heavy atom. The second-order valence-corrected chi connectivity index (χ2v) is 6.07. The number of ether oxygens (including phenoxy) is 1. The van der Waals surface area contributed by atoms with Crippen LogP contribution < -0.4 is 4.74 Å². The van der Waals surface area contributed by atoms with E-state index in [1.807, 2.05) is 24.3 Å². The largest absolute Gasteiger partial charge is 0.468 e. The van der Waals surface area contributed by atoms with Crippen LogP contribution in [-0.2, 0) is 20.3 Å². The van der Waals surface area contributed by atoms with Crippen LogP contribution in [0.15, 0.2) is 41.2 Å². The summed E-state index contributed by atoms with van der Waals surface area (Å²) in [6.07, 6.45) is 1.61. The normalized spacial score (nSPS) is 11.5. The topological polar surface area (TPSA) is 129 Å². The molecule has 28 heavy (non-hydrogen) atoms. The lowest BCUT2D eigenvalue weighted by molar-refractivity contribution is 0.229. The van der Waals surface area contributed by atoms with Gasteiger partial charge in [-0.15, -0.1) is 15.3 Å². The molecule has 0 aliphatic heterocycles. The predicted octanol–water partition coefficient (Wildman–Crippen LogP) is 1.13. The van der Waals surface area contributed by atoms with E-state index in [1.165, 1.54) is 0 Å². The summed E-state index contributed by atoms with van der Waals surface area (Å²) < 4.78 is 14.1. The van der Waals surface area contributed by atoms with Gasteiger partial charge in [-0.05, 0) is 6.07 Å². The summed E-state index contributed by atoms with van der Waals surface area (Å²) in [5.74, 6) is 1.64. The first-order valence-electron chi connectivity index (χ1n) is 8.41. The van der Waals surface area contributed by atoms with E-state index in [0.717, 1.165) is 10.8 Å². The SMILES string of the molecule is Cn1cnc(COc2nn3c(-c4cc(CO)on4)nnc3c3ccccc23)n1. The number of aliphatic hydroxyl groups is 1. The molecule has 1 N–H and O–H groups in total. The van der Waals surface area contributed by atoms with E-state index in [9.17, 15) is 5.11 Å². The molecular formula is C17H14N8O3. The second kappa shape index (κ2) is 6.39. The van der Waals surface area contributed by atoms with Crippen LogP contribution in [-0.4, -0.2) is 44.8 Å². The molecule has 0 atom stereocenters. The highest BCUT2D eigenvalue weighted by atomic mass is 16.5. The van der Waals surface area contributed by atoms with Crippen molar-refractivity contribution in [3.05, 3.63) is 48.2 Å². The van der Waals surface area contributed by atoms with Gasteiger partial charge in [0.05, 0.1) is 0 Å². The Hall–Kier alpha value is -3.86. The minimum absolute atomic E-state index is 0.166. The van der Waals surface area contributed by atoms with Gasteiger partial charge in [-0.2, -0.15) is 9.61 Å². The highest BCUT2D eigenvalue weighted by molar-refractivity contribution is 5.96. The van der Waals surface area contributed by atoms with Crippen LogP contribution in [0, 0.1) is 0 Å². The van der Waals surface area contributed by atoms with Crippen molar-refractivity contribution in [1.82, 2.24) is 39.7 Å². The van der Waals surface area contributed by atoms with Gasteiger partial charge in [0.1, 0.15) is 12.9 Å². The molecule has 0 radical (unpaired) electrons. The standard InChI is InChI=1S/C17H14N8O3/c1-24-9-18-14(21-24)8-27-17-12-5-3-2-4-11(12)15-19-20-16(25(15)22-17)13-6-10(7-26)28-23-13/h2-6,9,26H,7-8H2,1H3. The van der Waals surface area contributed by atoms with Gasteiger partial charge >= 0.3 is 0 Å². The zero-order valence-corrected chi connectivity index (χ0v) is 14.7. The van der Waals surface area contributed by atoms with E-state index >= 15 is 0 Å². The van der Waals surface area contributed by atoms with Crippen LogP contribution in [0.3, 0.4) is 0 Å². The molecule has 5 rings (SSSR count). The predicted molar refractivity (Wildman–Crippen MR) is 95.0 cm³/mol. The lowest BCUT2D eigenvalue weighted by Gasteiger charge is -2.08. The van der Waals surface area contributed by atoms with Gasteiger partial charge in [0.2, 0.25) is 11.7 Å². The molecule has 0 saturated carbocycles. The van der Waals surface area contributed by atoms with Gasteiger partial charge in [0.15, 0.2) is 29.5 Å². The lowest BCUT2D eigenvalue weighted by atomic mass is 10.2. The van der Waals surface area contributed by atoms with Crippen LogP contribution in [0.2, 0.25) is 0 Å². The molecule has 0 aliphatic carbocycles. The van der Waals surface area contributed by atoms with Crippen molar-refractivity contribution in [2.75, 3.05) is 0 Å². The molecule has 0 bridgehead atoms. The Morgan fingerprint density at radius 1 is 1.14 bits per heavy atom. The third-order valence-corrected chi connectivity index (χ3v) is 4.16. The number of benzene rings is 1. The van der Waals surface area contributed by atoms with Crippen molar-refractivity contribution in [1.29, 1.82) is 0 Å². The molecule has 1 aromatic carbocycles. The Labute approximate surface area is 157 Å². The molecule has 0 saturated heterocycles. The van der Waals surface area contributed by atoms with Gasteiger partial charge in [-0.3, -0.25) is 4.68 Å². The molecule has 5 aromatic rings. The molecule has 11 nitrogen and oxygen atoms in total. The van der Waals surface area contributed by atoms with E-state index in [4.69, 9.17) is 9.26 Å². The molecule has 140 valence electrons. The van der Waals surface area contributed by atoms with Gasteiger partial charge < -0.3 is 14.4 Å². The zero-order chi connectivity index (χ0) is 19.1. The first-order chi connectivity index (χ1) is 13.7. The molecule has 0 fully saturated rings. The van der Waals surface area contributed by atoms with Gasteiger partial charge in [0.25, 0.3) is 0 Å². The third-order valence-electron chi connectivity index (χ3n) is 4.16. The van der Waals surface area contributed by atoms with Crippen LogP contribution in [0.5, 0.6) is 5.88 Å². The summed E-state index contributed by atoms with van der Waals surface area (Å²) >= 11 is 0. The first kappa shape index (κ1) is 16.3. The fraction of sp³-hybridized carbons (Fsp3) is 0.176. The average Bonchev–Trinajstić information content (AvgIpc) is 3.45. The maximum atomic E-state index is 9.20. The number of aliphatic hydroxyl groups excluding tert-OH is 1. The maximum absolute atomic E-state index is 9.20. The smallest absolute Gasteiger partial charge is 0.240 e. The molecule has 4 aromatic heterocycles. The number of aryl methyl sites for hydroxylation is 1. The van der Waals surface area contributed by atoms with Crippen molar-refractivity contribution in [3.8, 4) is 17.4 Å². The second-order valence-electron chi connectivity index (χ2n) is 6.07. The number of aromatic nitrogens is 8. The van der Waals surface area contributed by atoms with Gasteiger partial charge in [0, 0.05) is 23.9 Å². The summed E-state index contributed by atoms with van der Waals surface area (Å²) in [7, 11) is 1.79. The third kappa shape index (κ3) is 2.65. The fourth-order valence-corrected chi connectivity index (χ4v) is 2.89. The average molecular weight is 378 g/mol. The van der Waals surface area contributed by atoms with E-state index in [-0.39, 0.29) is 13.2 Å². The van der Waals surface area contributed by atoms with Gasteiger partial charge in [-0.1, -0.05) is 23.4 Å². The van der Waals surface area contributed by atoms with Crippen molar-refractivity contribution >= 4 is 16.4 Å².